The van der Waals surface area contributed by atoms with Crippen molar-refractivity contribution in [2.45, 2.75) is 13.3 Å². The molecule has 1 amide bonds. The zero-order chi connectivity index (χ0) is 12.5. The highest BCUT2D eigenvalue weighted by Gasteiger charge is 2.03. The normalized spacial score (nSPS) is 9.76. The van der Waals surface area contributed by atoms with Crippen LogP contribution in [-0.2, 0) is 0 Å². The van der Waals surface area contributed by atoms with E-state index in [-0.39, 0.29) is 6.61 Å². The van der Waals surface area contributed by atoms with Crippen LogP contribution in [0.3, 0.4) is 0 Å². The number of hydrogen-bond donors (Lipinski definition) is 2. The molecule has 0 saturated heterocycles. The van der Waals surface area contributed by atoms with Crippen molar-refractivity contribution in [2.24, 2.45) is 0 Å². The monoisotopic (exact) mass is 239 g/mol. The zero-order valence-electron chi connectivity index (χ0n) is 9.81. The van der Waals surface area contributed by atoms with Crippen molar-refractivity contribution < 1.29 is 19.4 Å². The molecule has 0 spiro atoms. The van der Waals surface area contributed by atoms with Crippen LogP contribution in [0.25, 0.3) is 0 Å². The van der Waals surface area contributed by atoms with E-state index >= 15 is 0 Å². The maximum Gasteiger partial charge on any atom is 0.412 e. The standard InChI is InChI=1S/C12H17NO4/c1-2-16-10-4-6-11(7-5-10)17-12(15)13-8-3-9-14/h4-7,14H,2-3,8-9H2,1H3,(H,13,15). The Balaban J connectivity index is 2.37. The highest BCUT2D eigenvalue weighted by molar-refractivity contribution is 5.70. The van der Waals surface area contributed by atoms with E-state index in [0.29, 0.717) is 25.3 Å². The van der Waals surface area contributed by atoms with Crippen molar-refractivity contribution in [3.05, 3.63) is 24.3 Å². The first-order chi connectivity index (χ1) is 8.26. The van der Waals surface area contributed by atoms with Crippen LogP contribution in [0.2, 0.25) is 0 Å². The van der Waals surface area contributed by atoms with Gasteiger partial charge in [-0.2, -0.15) is 0 Å². The molecule has 0 unspecified atom stereocenters. The molecular formula is C12H17NO4. The average molecular weight is 239 g/mol. The van der Waals surface area contributed by atoms with Gasteiger partial charge in [0.15, 0.2) is 0 Å². The summed E-state index contributed by atoms with van der Waals surface area (Å²) in [7, 11) is 0. The Morgan fingerprint density at radius 2 is 1.94 bits per heavy atom. The van der Waals surface area contributed by atoms with Gasteiger partial charge in [-0.1, -0.05) is 0 Å². The lowest BCUT2D eigenvalue weighted by Gasteiger charge is -2.07. The molecule has 5 nitrogen and oxygen atoms in total. The van der Waals surface area contributed by atoms with Gasteiger partial charge in [-0.05, 0) is 37.6 Å². The van der Waals surface area contributed by atoms with E-state index in [4.69, 9.17) is 14.6 Å². The van der Waals surface area contributed by atoms with Crippen molar-refractivity contribution in [2.75, 3.05) is 19.8 Å². The molecule has 0 atom stereocenters. The molecular weight excluding hydrogens is 222 g/mol. The van der Waals surface area contributed by atoms with Crippen molar-refractivity contribution in [1.29, 1.82) is 0 Å². The van der Waals surface area contributed by atoms with Crippen molar-refractivity contribution in [3.8, 4) is 11.5 Å². The fraction of sp³-hybridized carbons (Fsp3) is 0.417. The predicted octanol–water partition coefficient (Wildman–Crippen LogP) is 1.56. The Labute approximate surface area is 100 Å². The number of aliphatic hydroxyl groups is 1. The quantitative estimate of drug-likeness (QED) is 0.739. The molecule has 2 N–H and O–H groups in total. The first-order valence-corrected chi connectivity index (χ1v) is 5.55. The molecule has 0 aliphatic heterocycles. The zero-order valence-corrected chi connectivity index (χ0v) is 9.81. The molecule has 0 heterocycles. The van der Waals surface area contributed by atoms with Gasteiger partial charge in [-0.15, -0.1) is 0 Å². The minimum Gasteiger partial charge on any atom is -0.494 e. The van der Waals surface area contributed by atoms with Gasteiger partial charge in [-0.25, -0.2) is 4.79 Å². The highest BCUT2D eigenvalue weighted by Crippen LogP contribution is 2.17. The molecule has 0 radical (unpaired) electrons. The number of nitrogens with one attached hydrogen (secondary N) is 1. The van der Waals surface area contributed by atoms with Crippen molar-refractivity contribution >= 4 is 6.09 Å². The number of hydrogen-bond acceptors (Lipinski definition) is 4. The second kappa shape index (κ2) is 7.51. The van der Waals surface area contributed by atoms with Crippen molar-refractivity contribution in [1.82, 2.24) is 5.32 Å². The summed E-state index contributed by atoms with van der Waals surface area (Å²) in [6, 6.07) is 6.80. The topological polar surface area (TPSA) is 67.8 Å². The largest absolute Gasteiger partial charge is 0.494 e. The van der Waals surface area contributed by atoms with Crippen LogP contribution >= 0.6 is 0 Å². The molecule has 0 saturated carbocycles. The summed E-state index contributed by atoms with van der Waals surface area (Å²) in [6.45, 7) is 2.94. The third-order valence-corrected chi connectivity index (χ3v) is 1.95. The molecule has 1 aromatic rings. The van der Waals surface area contributed by atoms with Crippen LogP contribution < -0.4 is 14.8 Å². The smallest absolute Gasteiger partial charge is 0.412 e. The van der Waals surface area contributed by atoms with Crippen LogP contribution in [0.15, 0.2) is 24.3 Å². The maximum atomic E-state index is 11.3. The number of benzene rings is 1. The van der Waals surface area contributed by atoms with Gasteiger partial charge in [0.25, 0.3) is 0 Å². The summed E-state index contributed by atoms with van der Waals surface area (Å²) in [5.74, 6) is 1.19. The predicted molar refractivity (Wildman–Crippen MR) is 63.3 cm³/mol. The first-order valence-electron chi connectivity index (χ1n) is 5.55. The first kappa shape index (κ1) is 13.3. The third kappa shape index (κ3) is 5.21. The van der Waals surface area contributed by atoms with Gasteiger partial charge >= 0.3 is 6.09 Å². The summed E-state index contributed by atoms with van der Waals surface area (Å²) in [5.41, 5.74) is 0. The van der Waals surface area contributed by atoms with E-state index in [1.54, 1.807) is 24.3 Å². The number of rotatable bonds is 6. The lowest BCUT2D eigenvalue weighted by atomic mass is 10.3. The Kier molecular flexibility index (Phi) is 5.88. The molecule has 0 bridgehead atoms. The van der Waals surface area contributed by atoms with E-state index in [2.05, 4.69) is 5.32 Å². The number of ether oxygens (including phenoxy) is 2. The van der Waals surface area contributed by atoms with E-state index in [9.17, 15) is 4.79 Å². The van der Waals surface area contributed by atoms with Crippen LogP contribution in [0.5, 0.6) is 11.5 Å². The maximum absolute atomic E-state index is 11.3. The minimum atomic E-state index is -0.525. The molecule has 17 heavy (non-hydrogen) atoms. The molecule has 0 aliphatic rings. The summed E-state index contributed by atoms with van der Waals surface area (Å²) in [5, 5.41) is 11.1. The number of carbonyl (C=O) groups is 1. The summed E-state index contributed by atoms with van der Waals surface area (Å²) < 4.78 is 10.3. The minimum absolute atomic E-state index is 0.0450. The van der Waals surface area contributed by atoms with Crippen LogP contribution in [0, 0.1) is 0 Å². The fourth-order valence-electron chi connectivity index (χ4n) is 1.18. The van der Waals surface area contributed by atoms with E-state index in [0.717, 1.165) is 5.75 Å². The second-order valence-corrected chi connectivity index (χ2v) is 3.30. The van der Waals surface area contributed by atoms with Crippen molar-refractivity contribution in [3.63, 3.8) is 0 Å². The third-order valence-electron chi connectivity index (χ3n) is 1.95. The van der Waals surface area contributed by atoms with Gasteiger partial charge in [0.1, 0.15) is 11.5 Å². The Bertz CT molecular complexity index is 337. The second-order valence-electron chi connectivity index (χ2n) is 3.30. The van der Waals surface area contributed by atoms with E-state index < -0.39 is 6.09 Å². The molecule has 1 aromatic carbocycles. The molecule has 94 valence electrons. The SMILES string of the molecule is CCOc1ccc(OC(=O)NCCCO)cc1. The van der Waals surface area contributed by atoms with Crippen LogP contribution in [0.4, 0.5) is 4.79 Å². The van der Waals surface area contributed by atoms with E-state index in [1.807, 2.05) is 6.92 Å². The van der Waals surface area contributed by atoms with E-state index in [1.165, 1.54) is 0 Å². The fourth-order valence-corrected chi connectivity index (χ4v) is 1.18. The van der Waals surface area contributed by atoms with Crippen LogP contribution in [-0.4, -0.2) is 31.0 Å². The van der Waals surface area contributed by atoms with Gasteiger partial charge in [0.2, 0.25) is 0 Å². The lowest BCUT2D eigenvalue weighted by Crippen LogP contribution is -2.28. The van der Waals surface area contributed by atoms with Gasteiger partial charge in [0.05, 0.1) is 6.61 Å². The number of amides is 1. The lowest BCUT2D eigenvalue weighted by molar-refractivity contribution is 0.198. The molecule has 5 heteroatoms. The average Bonchev–Trinajstić information content (AvgIpc) is 2.32. The van der Waals surface area contributed by atoms with Crippen LogP contribution in [0.1, 0.15) is 13.3 Å². The van der Waals surface area contributed by atoms with Gasteiger partial charge in [-0.3, -0.25) is 0 Å². The Morgan fingerprint density at radius 1 is 1.29 bits per heavy atom. The Hall–Kier alpha value is -1.75. The number of aliphatic hydroxyl groups excluding tert-OH is 1. The Morgan fingerprint density at radius 3 is 2.53 bits per heavy atom. The molecule has 1 rings (SSSR count). The van der Waals surface area contributed by atoms with Gasteiger partial charge < -0.3 is 19.9 Å². The van der Waals surface area contributed by atoms with Gasteiger partial charge in [0, 0.05) is 13.2 Å². The molecule has 0 aromatic heterocycles. The highest BCUT2D eigenvalue weighted by atomic mass is 16.6. The summed E-state index contributed by atoms with van der Waals surface area (Å²) in [4.78, 5) is 11.3. The summed E-state index contributed by atoms with van der Waals surface area (Å²) >= 11 is 0. The molecule has 0 aliphatic carbocycles. The molecule has 0 fully saturated rings. The number of carbonyl (C=O) groups excluding carboxylic acids is 1. The summed E-state index contributed by atoms with van der Waals surface area (Å²) in [6.07, 6.45) is -0.0131.